The highest BCUT2D eigenvalue weighted by molar-refractivity contribution is 5.96. The van der Waals surface area contributed by atoms with E-state index in [0.29, 0.717) is 24.3 Å². The third-order valence-electron chi connectivity index (χ3n) is 5.75. The van der Waals surface area contributed by atoms with E-state index in [1.165, 1.54) is 5.56 Å². The molecule has 0 aliphatic carbocycles. The summed E-state index contributed by atoms with van der Waals surface area (Å²) in [6.07, 6.45) is 2.70. The second-order valence-electron chi connectivity index (χ2n) is 7.60. The van der Waals surface area contributed by atoms with E-state index >= 15 is 0 Å². The summed E-state index contributed by atoms with van der Waals surface area (Å²) in [5.41, 5.74) is 4.30. The minimum atomic E-state index is -0.0678. The fourth-order valence-electron chi connectivity index (χ4n) is 4.09. The Kier molecular flexibility index (Phi) is 5.97. The van der Waals surface area contributed by atoms with Crippen molar-refractivity contribution in [2.24, 2.45) is 0 Å². The van der Waals surface area contributed by atoms with Crippen LogP contribution in [0, 0.1) is 11.3 Å². The lowest BCUT2D eigenvalue weighted by Gasteiger charge is -2.35. The van der Waals surface area contributed by atoms with Crippen LogP contribution in [0.1, 0.15) is 34.1 Å². The molecule has 5 heteroatoms. The van der Waals surface area contributed by atoms with Crippen LogP contribution < -0.4 is 0 Å². The second kappa shape index (κ2) is 8.98. The molecule has 4 rings (SSSR count). The smallest absolute Gasteiger partial charge is 0.272 e. The normalized spacial score (nSPS) is 14.5. The minimum Gasteiger partial charge on any atom is -0.335 e. The standard InChI is InChI=1S/C25H26N4O/c1-2-21-10-6-7-11-23(21)29-13-12-22(18-26)24(29)25(30)28-16-14-27(15-17-28)19-20-8-4-3-5-9-20/h3-13H,2,14-17,19H2,1H3. The molecule has 0 unspecified atom stereocenters. The van der Waals surface area contributed by atoms with Crippen LogP contribution in [-0.4, -0.2) is 46.5 Å². The first-order chi connectivity index (χ1) is 14.7. The molecule has 0 bridgehead atoms. The van der Waals surface area contributed by atoms with Gasteiger partial charge in [-0.25, -0.2) is 0 Å². The van der Waals surface area contributed by atoms with Crippen LogP contribution in [-0.2, 0) is 13.0 Å². The Morgan fingerprint density at radius 3 is 2.37 bits per heavy atom. The SMILES string of the molecule is CCc1ccccc1-n1ccc(C#N)c1C(=O)N1CCN(Cc2ccccc2)CC1. The number of piperazine rings is 1. The Morgan fingerprint density at radius 2 is 1.67 bits per heavy atom. The maximum absolute atomic E-state index is 13.4. The van der Waals surface area contributed by atoms with Crippen molar-refractivity contribution in [2.45, 2.75) is 19.9 Å². The van der Waals surface area contributed by atoms with Crippen molar-refractivity contribution in [3.8, 4) is 11.8 Å². The number of aromatic nitrogens is 1. The summed E-state index contributed by atoms with van der Waals surface area (Å²) in [4.78, 5) is 17.7. The fourth-order valence-corrected chi connectivity index (χ4v) is 4.09. The molecule has 1 aliphatic heterocycles. The zero-order chi connectivity index (χ0) is 20.9. The molecule has 0 radical (unpaired) electrons. The predicted molar refractivity (Wildman–Crippen MR) is 117 cm³/mol. The molecular weight excluding hydrogens is 372 g/mol. The van der Waals surface area contributed by atoms with Gasteiger partial charge in [0.05, 0.1) is 5.56 Å². The second-order valence-corrected chi connectivity index (χ2v) is 7.60. The number of rotatable bonds is 5. The zero-order valence-corrected chi connectivity index (χ0v) is 17.3. The van der Waals surface area contributed by atoms with E-state index < -0.39 is 0 Å². The Morgan fingerprint density at radius 1 is 0.967 bits per heavy atom. The average molecular weight is 399 g/mol. The number of para-hydroxylation sites is 1. The van der Waals surface area contributed by atoms with Gasteiger partial charge >= 0.3 is 0 Å². The van der Waals surface area contributed by atoms with Crippen LogP contribution in [0.5, 0.6) is 0 Å². The first-order valence-electron chi connectivity index (χ1n) is 10.5. The van der Waals surface area contributed by atoms with Crippen LogP contribution in [0.25, 0.3) is 5.69 Å². The molecule has 2 heterocycles. The molecular formula is C25H26N4O. The summed E-state index contributed by atoms with van der Waals surface area (Å²) in [7, 11) is 0. The van der Waals surface area contributed by atoms with E-state index in [4.69, 9.17) is 0 Å². The third-order valence-corrected chi connectivity index (χ3v) is 5.75. The lowest BCUT2D eigenvalue weighted by atomic mass is 10.1. The van der Waals surface area contributed by atoms with E-state index in [1.54, 1.807) is 6.07 Å². The number of carbonyl (C=O) groups excluding carboxylic acids is 1. The summed E-state index contributed by atoms with van der Waals surface area (Å²) >= 11 is 0. The highest BCUT2D eigenvalue weighted by atomic mass is 16.2. The molecule has 0 saturated carbocycles. The monoisotopic (exact) mass is 398 g/mol. The van der Waals surface area contributed by atoms with Gasteiger partial charge in [0, 0.05) is 44.6 Å². The number of carbonyl (C=O) groups is 1. The number of aryl methyl sites for hydroxylation is 1. The van der Waals surface area contributed by atoms with Crippen LogP contribution in [0.4, 0.5) is 0 Å². The van der Waals surface area contributed by atoms with Crippen molar-refractivity contribution < 1.29 is 4.79 Å². The maximum Gasteiger partial charge on any atom is 0.272 e. The molecule has 5 nitrogen and oxygen atoms in total. The topological polar surface area (TPSA) is 52.3 Å². The minimum absolute atomic E-state index is 0.0678. The molecule has 1 amide bonds. The number of nitrogens with zero attached hydrogens (tertiary/aromatic N) is 4. The zero-order valence-electron chi connectivity index (χ0n) is 17.3. The molecule has 0 atom stereocenters. The molecule has 1 saturated heterocycles. The first kappa shape index (κ1) is 19.9. The summed E-state index contributed by atoms with van der Waals surface area (Å²) in [6.45, 7) is 5.98. The molecule has 30 heavy (non-hydrogen) atoms. The molecule has 152 valence electrons. The first-order valence-corrected chi connectivity index (χ1v) is 10.5. The molecule has 1 fully saturated rings. The van der Waals surface area contributed by atoms with Gasteiger partial charge in [-0.05, 0) is 29.7 Å². The van der Waals surface area contributed by atoms with Crippen molar-refractivity contribution in [2.75, 3.05) is 26.2 Å². The van der Waals surface area contributed by atoms with Gasteiger partial charge in [0.25, 0.3) is 5.91 Å². The Bertz CT molecular complexity index is 1060. The fraction of sp³-hybridized carbons (Fsp3) is 0.280. The lowest BCUT2D eigenvalue weighted by molar-refractivity contribution is 0.0620. The van der Waals surface area contributed by atoms with E-state index in [-0.39, 0.29) is 5.91 Å². The van der Waals surface area contributed by atoms with Crippen LogP contribution in [0.3, 0.4) is 0 Å². The molecule has 1 aromatic heterocycles. The largest absolute Gasteiger partial charge is 0.335 e. The maximum atomic E-state index is 13.4. The van der Waals surface area contributed by atoms with E-state index in [1.807, 2.05) is 39.9 Å². The van der Waals surface area contributed by atoms with Gasteiger partial charge in [-0.2, -0.15) is 5.26 Å². The third kappa shape index (κ3) is 4.00. The van der Waals surface area contributed by atoms with E-state index in [9.17, 15) is 10.1 Å². The van der Waals surface area contributed by atoms with Gasteiger partial charge in [0.2, 0.25) is 0 Å². The number of nitriles is 1. The number of amides is 1. The summed E-state index contributed by atoms with van der Waals surface area (Å²) in [5, 5.41) is 9.62. The van der Waals surface area contributed by atoms with Crippen molar-refractivity contribution in [1.29, 1.82) is 5.26 Å². The molecule has 3 aromatic rings. The van der Waals surface area contributed by atoms with Gasteiger partial charge < -0.3 is 9.47 Å². The van der Waals surface area contributed by atoms with E-state index in [0.717, 1.165) is 37.3 Å². The highest BCUT2D eigenvalue weighted by Crippen LogP contribution is 2.23. The van der Waals surface area contributed by atoms with Crippen molar-refractivity contribution in [3.63, 3.8) is 0 Å². The van der Waals surface area contributed by atoms with Gasteiger partial charge in [0.15, 0.2) is 0 Å². The van der Waals surface area contributed by atoms with Crippen LogP contribution >= 0.6 is 0 Å². The highest BCUT2D eigenvalue weighted by Gasteiger charge is 2.27. The van der Waals surface area contributed by atoms with Crippen molar-refractivity contribution in [1.82, 2.24) is 14.4 Å². The Labute approximate surface area is 177 Å². The predicted octanol–water partition coefficient (Wildman–Crippen LogP) is 3.87. The van der Waals surface area contributed by atoms with Crippen molar-refractivity contribution in [3.05, 3.63) is 89.2 Å². The quantitative estimate of drug-likeness (QED) is 0.656. The molecule has 0 spiro atoms. The van der Waals surface area contributed by atoms with Gasteiger partial charge in [-0.15, -0.1) is 0 Å². The molecule has 1 aliphatic rings. The van der Waals surface area contributed by atoms with Gasteiger partial charge in [0.1, 0.15) is 11.8 Å². The number of benzene rings is 2. The van der Waals surface area contributed by atoms with Gasteiger partial charge in [-0.1, -0.05) is 55.5 Å². The van der Waals surface area contributed by atoms with Gasteiger partial charge in [-0.3, -0.25) is 9.69 Å². The summed E-state index contributed by atoms with van der Waals surface area (Å²) in [5.74, 6) is -0.0678. The lowest BCUT2D eigenvalue weighted by Crippen LogP contribution is -2.48. The Hall–Kier alpha value is -3.36. The molecule has 0 N–H and O–H groups in total. The number of hydrogen-bond acceptors (Lipinski definition) is 3. The van der Waals surface area contributed by atoms with Crippen LogP contribution in [0.2, 0.25) is 0 Å². The Balaban J connectivity index is 1.53. The van der Waals surface area contributed by atoms with E-state index in [2.05, 4.69) is 48.2 Å². The number of hydrogen-bond donors (Lipinski definition) is 0. The average Bonchev–Trinajstić information content (AvgIpc) is 3.23. The summed E-state index contributed by atoms with van der Waals surface area (Å²) in [6, 6.07) is 22.4. The summed E-state index contributed by atoms with van der Waals surface area (Å²) < 4.78 is 1.88. The van der Waals surface area contributed by atoms with Crippen LogP contribution in [0.15, 0.2) is 66.9 Å². The van der Waals surface area contributed by atoms with Crippen molar-refractivity contribution >= 4 is 5.91 Å². The molecule has 2 aromatic carbocycles.